The average molecular weight is 277 g/mol. The minimum atomic E-state index is -0.733. The van der Waals surface area contributed by atoms with Gasteiger partial charge in [-0.25, -0.2) is 4.98 Å². The van der Waals surface area contributed by atoms with Crippen LogP contribution in [0.3, 0.4) is 0 Å². The van der Waals surface area contributed by atoms with Gasteiger partial charge in [0.2, 0.25) is 5.91 Å². The lowest BCUT2D eigenvalue weighted by molar-refractivity contribution is -0.137. The van der Waals surface area contributed by atoms with E-state index >= 15 is 0 Å². The monoisotopic (exact) mass is 277 g/mol. The van der Waals surface area contributed by atoms with Crippen LogP contribution in [0.15, 0.2) is 18.3 Å². The topological polar surface area (TPSA) is 96.5 Å². The normalized spacial score (nSPS) is 16.1. The summed E-state index contributed by atoms with van der Waals surface area (Å²) in [6.07, 6.45) is 4.47. The lowest BCUT2D eigenvalue weighted by atomic mass is 9.92. The summed E-state index contributed by atoms with van der Waals surface area (Å²) < 4.78 is 0. The summed E-state index contributed by atoms with van der Waals surface area (Å²) in [6, 6.07) is 3.31. The van der Waals surface area contributed by atoms with Crippen molar-refractivity contribution in [1.82, 2.24) is 4.98 Å². The minimum absolute atomic E-state index is 0.236. The van der Waals surface area contributed by atoms with Gasteiger partial charge in [-0.05, 0) is 37.3 Å². The number of hydrogen-bond acceptors (Lipinski definition) is 4. The molecule has 1 amide bonds. The molecule has 1 aliphatic rings. The molecule has 0 spiro atoms. The van der Waals surface area contributed by atoms with Crippen molar-refractivity contribution in [2.45, 2.75) is 25.7 Å². The largest absolute Gasteiger partial charge is 0.481 e. The van der Waals surface area contributed by atoms with Crippen molar-refractivity contribution >= 4 is 17.7 Å². The predicted octanol–water partition coefficient (Wildman–Crippen LogP) is 1.26. The number of anilines is 1. The maximum absolute atomic E-state index is 11.2. The van der Waals surface area contributed by atoms with Gasteiger partial charge in [-0.2, -0.15) is 0 Å². The molecule has 0 unspecified atom stereocenters. The molecule has 20 heavy (non-hydrogen) atoms. The number of hydrogen-bond donors (Lipinski definition) is 2. The molecule has 0 bridgehead atoms. The number of nitrogens with two attached hydrogens (primary N) is 1. The third kappa shape index (κ3) is 3.69. The second-order valence-electron chi connectivity index (χ2n) is 5.13. The molecular weight excluding hydrogens is 258 g/mol. The summed E-state index contributed by atoms with van der Waals surface area (Å²) >= 11 is 0. The van der Waals surface area contributed by atoms with E-state index in [1.165, 1.54) is 0 Å². The van der Waals surface area contributed by atoms with Crippen LogP contribution in [0.5, 0.6) is 0 Å². The molecule has 6 nitrogen and oxygen atoms in total. The minimum Gasteiger partial charge on any atom is -0.481 e. The van der Waals surface area contributed by atoms with Gasteiger partial charge in [-0.3, -0.25) is 9.59 Å². The zero-order chi connectivity index (χ0) is 14.5. The summed E-state index contributed by atoms with van der Waals surface area (Å²) in [4.78, 5) is 28.1. The van der Waals surface area contributed by atoms with Gasteiger partial charge in [-0.1, -0.05) is 0 Å². The lowest BCUT2D eigenvalue weighted by Gasteiger charge is -2.32. The molecule has 0 aliphatic carbocycles. The second kappa shape index (κ2) is 6.36. The van der Waals surface area contributed by atoms with E-state index in [9.17, 15) is 9.59 Å². The van der Waals surface area contributed by atoms with Gasteiger partial charge in [0.05, 0.1) is 0 Å². The highest BCUT2D eigenvalue weighted by Gasteiger charge is 2.21. The fraction of sp³-hybridized carbons (Fsp3) is 0.500. The van der Waals surface area contributed by atoms with E-state index in [0.29, 0.717) is 11.5 Å². The second-order valence-corrected chi connectivity index (χ2v) is 5.13. The molecule has 1 aromatic heterocycles. The van der Waals surface area contributed by atoms with Crippen LogP contribution in [0, 0.1) is 5.92 Å². The molecular formula is C14H19N3O3. The first-order valence-electron chi connectivity index (χ1n) is 6.79. The number of carbonyl (C=O) groups is 2. The van der Waals surface area contributed by atoms with E-state index in [1.807, 2.05) is 0 Å². The Morgan fingerprint density at radius 2 is 2.10 bits per heavy atom. The number of pyridine rings is 1. The number of rotatable bonds is 5. The SMILES string of the molecule is NC(=O)c1ccnc(N2CCC(CCC(=O)O)CC2)c1. The molecule has 1 aliphatic heterocycles. The van der Waals surface area contributed by atoms with Crippen LogP contribution in [0.25, 0.3) is 0 Å². The van der Waals surface area contributed by atoms with Crippen LogP contribution in [-0.4, -0.2) is 35.1 Å². The standard InChI is InChI=1S/C14H19N3O3/c15-14(20)11-3-6-16-12(9-11)17-7-4-10(5-8-17)1-2-13(18)19/h3,6,9-10H,1-2,4-5,7-8H2,(H2,15,20)(H,18,19). The van der Waals surface area contributed by atoms with Crippen LogP contribution in [0.4, 0.5) is 5.82 Å². The molecule has 108 valence electrons. The fourth-order valence-corrected chi connectivity index (χ4v) is 2.52. The predicted molar refractivity (Wildman–Crippen MR) is 74.6 cm³/mol. The highest BCUT2D eigenvalue weighted by molar-refractivity contribution is 5.93. The van der Waals surface area contributed by atoms with Gasteiger partial charge in [0.1, 0.15) is 5.82 Å². The number of piperidine rings is 1. The summed E-state index contributed by atoms with van der Waals surface area (Å²) in [5, 5.41) is 8.69. The third-order valence-corrected chi connectivity index (χ3v) is 3.73. The summed E-state index contributed by atoms with van der Waals surface area (Å²) in [7, 11) is 0. The van der Waals surface area contributed by atoms with Gasteiger partial charge in [0.25, 0.3) is 0 Å². The van der Waals surface area contributed by atoms with Crippen molar-refractivity contribution in [2.24, 2.45) is 11.7 Å². The Morgan fingerprint density at radius 1 is 1.40 bits per heavy atom. The molecule has 3 N–H and O–H groups in total. The molecule has 1 fully saturated rings. The Labute approximate surface area is 117 Å². The quantitative estimate of drug-likeness (QED) is 0.844. The van der Waals surface area contributed by atoms with Crippen LogP contribution in [0.2, 0.25) is 0 Å². The Bertz CT molecular complexity index is 496. The fourth-order valence-electron chi connectivity index (χ4n) is 2.52. The maximum atomic E-state index is 11.2. The Hall–Kier alpha value is -2.11. The van der Waals surface area contributed by atoms with Crippen LogP contribution in [0.1, 0.15) is 36.0 Å². The molecule has 1 aromatic rings. The van der Waals surface area contributed by atoms with Gasteiger partial charge in [-0.15, -0.1) is 0 Å². The third-order valence-electron chi connectivity index (χ3n) is 3.73. The van der Waals surface area contributed by atoms with Crippen molar-refractivity contribution in [1.29, 1.82) is 0 Å². The summed E-state index contributed by atoms with van der Waals surface area (Å²) in [6.45, 7) is 1.67. The van der Waals surface area contributed by atoms with E-state index in [1.54, 1.807) is 18.3 Å². The lowest BCUT2D eigenvalue weighted by Crippen LogP contribution is -2.34. The number of amides is 1. The first-order chi connectivity index (χ1) is 9.56. The van der Waals surface area contributed by atoms with E-state index < -0.39 is 11.9 Å². The van der Waals surface area contributed by atoms with Crippen LogP contribution < -0.4 is 10.6 Å². The average Bonchev–Trinajstić information content (AvgIpc) is 2.46. The van der Waals surface area contributed by atoms with Crippen molar-refractivity contribution in [3.63, 3.8) is 0 Å². The van der Waals surface area contributed by atoms with Crippen molar-refractivity contribution in [2.75, 3.05) is 18.0 Å². The molecule has 2 heterocycles. The summed E-state index contributed by atoms with van der Waals surface area (Å²) in [5.74, 6) is 0.0351. The number of primary amides is 1. The Morgan fingerprint density at radius 3 is 2.70 bits per heavy atom. The van der Waals surface area contributed by atoms with E-state index in [4.69, 9.17) is 10.8 Å². The van der Waals surface area contributed by atoms with E-state index in [-0.39, 0.29) is 6.42 Å². The van der Waals surface area contributed by atoms with E-state index in [0.717, 1.165) is 38.2 Å². The number of carboxylic acid groups (broad SMARTS) is 1. The first kappa shape index (κ1) is 14.3. The molecule has 6 heteroatoms. The molecule has 0 radical (unpaired) electrons. The number of carbonyl (C=O) groups excluding carboxylic acids is 1. The molecule has 1 saturated heterocycles. The Kier molecular flexibility index (Phi) is 4.55. The van der Waals surface area contributed by atoms with Gasteiger partial charge in [0, 0.05) is 31.3 Å². The van der Waals surface area contributed by atoms with Crippen molar-refractivity contribution in [3.05, 3.63) is 23.9 Å². The van der Waals surface area contributed by atoms with E-state index in [2.05, 4.69) is 9.88 Å². The number of aliphatic carboxylic acids is 1. The number of nitrogens with zero attached hydrogens (tertiary/aromatic N) is 2. The molecule has 0 atom stereocenters. The van der Waals surface area contributed by atoms with Crippen LogP contribution >= 0.6 is 0 Å². The highest BCUT2D eigenvalue weighted by Crippen LogP contribution is 2.25. The zero-order valence-electron chi connectivity index (χ0n) is 11.3. The molecule has 2 rings (SSSR count). The number of aromatic nitrogens is 1. The smallest absolute Gasteiger partial charge is 0.303 e. The Balaban J connectivity index is 1.92. The molecule has 0 saturated carbocycles. The van der Waals surface area contributed by atoms with Crippen molar-refractivity contribution in [3.8, 4) is 0 Å². The number of carboxylic acids is 1. The zero-order valence-corrected chi connectivity index (χ0v) is 11.3. The maximum Gasteiger partial charge on any atom is 0.303 e. The molecule has 0 aromatic carbocycles. The van der Waals surface area contributed by atoms with Crippen molar-refractivity contribution < 1.29 is 14.7 Å². The van der Waals surface area contributed by atoms with Gasteiger partial charge in [0.15, 0.2) is 0 Å². The van der Waals surface area contributed by atoms with Crippen LogP contribution in [-0.2, 0) is 4.79 Å². The van der Waals surface area contributed by atoms with Gasteiger partial charge < -0.3 is 15.7 Å². The highest BCUT2D eigenvalue weighted by atomic mass is 16.4. The van der Waals surface area contributed by atoms with Gasteiger partial charge >= 0.3 is 5.97 Å². The summed E-state index contributed by atoms with van der Waals surface area (Å²) in [5.41, 5.74) is 5.72. The first-order valence-corrected chi connectivity index (χ1v) is 6.79.